The molecular weight excluding hydrogens is 205 g/mol. The summed E-state index contributed by atoms with van der Waals surface area (Å²) >= 11 is 0. The van der Waals surface area contributed by atoms with Crippen LogP contribution >= 0.6 is 8.81 Å². The summed E-state index contributed by atoms with van der Waals surface area (Å²) in [6.07, 6.45) is -1.29. The standard InChI is InChI=1S/C8H19NO4P/c1-9(2,3)4-5-13-14-8(12)7(11)6-10/h7,10-11,14H,4-6H2,1-3H3/q+1. The van der Waals surface area contributed by atoms with Crippen LogP contribution in [0.25, 0.3) is 0 Å². The van der Waals surface area contributed by atoms with Gasteiger partial charge < -0.3 is 19.2 Å². The molecule has 0 aromatic rings. The van der Waals surface area contributed by atoms with Crippen LogP contribution in [0.4, 0.5) is 0 Å². The zero-order chi connectivity index (χ0) is 11.2. The second-order valence-electron chi connectivity index (χ2n) is 4.03. The van der Waals surface area contributed by atoms with Crippen LogP contribution in [0.15, 0.2) is 0 Å². The Morgan fingerprint density at radius 2 is 2.07 bits per heavy atom. The van der Waals surface area contributed by atoms with E-state index in [1.54, 1.807) is 0 Å². The first-order chi connectivity index (χ1) is 6.37. The van der Waals surface area contributed by atoms with Gasteiger partial charge in [-0.3, -0.25) is 4.79 Å². The molecule has 0 radical (unpaired) electrons. The van der Waals surface area contributed by atoms with Gasteiger partial charge in [-0.05, 0) is 0 Å². The Morgan fingerprint density at radius 3 is 2.50 bits per heavy atom. The fourth-order valence-corrected chi connectivity index (χ4v) is 1.16. The van der Waals surface area contributed by atoms with Crippen LogP contribution in [0.1, 0.15) is 0 Å². The van der Waals surface area contributed by atoms with Gasteiger partial charge in [0.1, 0.15) is 19.3 Å². The Bertz CT molecular complexity index is 181. The quantitative estimate of drug-likeness (QED) is 0.337. The van der Waals surface area contributed by atoms with Crippen molar-refractivity contribution >= 4 is 14.3 Å². The number of hydrogen-bond donors (Lipinski definition) is 2. The molecule has 5 nitrogen and oxygen atoms in total. The molecule has 0 aliphatic rings. The van der Waals surface area contributed by atoms with Crippen molar-refractivity contribution in [2.75, 3.05) is 40.9 Å². The monoisotopic (exact) mass is 224 g/mol. The summed E-state index contributed by atoms with van der Waals surface area (Å²) in [4.78, 5) is 11.0. The Balaban J connectivity index is 3.51. The van der Waals surface area contributed by atoms with Crippen LogP contribution in [0, 0.1) is 0 Å². The van der Waals surface area contributed by atoms with E-state index in [0.717, 1.165) is 11.0 Å². The molecule has 0 saturated carbocycles. The molecule has 0 aliphatic heterocycles. The fourth-order valence-electron chi connectivity index (χ4n) is 0.593. The topological polar surface area (TPSA) is 66.8 Å². The Labute approximate surface area is 86.1 Å². The maximum absolute atomic E-state index is 11.0. The lowest BCUT2D eigenvalue weighted by Gasteiger charge is -2.23. The minimum Gasteiger partial charge on any atom is -0.393 e. The zero-order valence-electron chi connectivity index (χ0n) is 8.86. The van der Waals surface area contributed by atoms with Crippen LogP contribution in [0.3, 0.4) is 0 Å². The highest BCUT2D eigenvalue weighted by molar-refractivity contribution is 7.53. The molecule has 0 amide bonds. The molecule has 14 heavy (non-hydrogen) atoms. The van der Waals surface area contributed by atoms with E-state index in [2.05, 4.69) is 0 Å². The van der Waals surface area contributed by atoms with Crippen LogP contribution in [-0.2, 0) is 9.32 Å². The molecule has 0 fully saturated rings. The molecule has 0 aromatic carbocycles. The molecule has 0 spiro atoms. The van der Waals surface area contributed by atoms with E-state index in [1.165, 1.54) is 0 Å². The number of likely N-dealkylation sites (N-methyl/N-ethyl adjacent to an activating group) is 1. The summed E-state index contributed by atoms with van der Waals surface area (Å²) < 4.78 is 5.85. The van der Waals surface area contributed by atoms with Gasteiger partial charge in [-0.15, -0.1) is 0 Å². The van der Waals surface area contributed by atoms with E-state index >= 15 is 0 Å². The van der Waals surface area contributed by atoms with Gasteiger partial charge in [0.2, 0.25) is 5.52 Å². The lowest BCUT2D eigenvalue weighted by Crippen LogP contribution is -2.37. The number of quaternary nitrogens is 1. The van der Waals surface area contributed by atoms with E-state index in [0.29, 0.717) is 6.61 Å². The van der Waals surface area contributed by atoms with Gasteiger partial charge in [-0.2, -0.15) is 0 Å². The summed E-state index contributed by atoms with van der Waals surface area (Å²) in [5.74, 6) is 0. The molecule has 0 aliphatic carbocycles. The molecule has 2 N–H and O–H groups in total. The van der Waals surface area contributed by atoms with E-state index in [9.17, 15) is 4.79 Å². The average molecular weight is 224 g/mol. The molecule has 2 atom stereocenters. The first-order valence-corrected chi connectivity index (χ1v) is 5.28. The van der Waals surface area contributed by atoms with Crippen LogP contribution in [0.2, 0.25) is 0 Å². The Kier molecular flexibility index (Phi) is 6.40. The van der Waals surface area contributed by atoms with Crippen molar-refractivity contribution in [1.82, 2.24) is 0 Å². The number of hydrogen-bond acceptors (Lipinski definition) is 4. The maximum atomic E-state index is 11.0. The number of aliphatic hydroxyl groups excluding tert-OH is 2. The van der Waals surface area contributed by atoms with Gasteiger partial charge in [-0.1, -0.05) is 0 Å². The summed E-state index contributed by atoms with van der Waals surface area (Å²) in [6.45, 7) is 0.742. The highest BCUT2D eigenvalue weighted by Gasteiger charge is 2.14. The lowest BCUT2D eigenvalue weighted by molar-refractivity contribution is -0.870. The van der Waals surface area contributed by atoms with Crippen molar-refractivity contribution in [3.63, 3.8) is 0 Å². The normalized spacial score (nSPS) is 14.9. The average Bonchev–Trinajstić information content (AvgIpc) is 2.09. The third-order valence-corrected chi connectivity index (χ3v) is 2.40. The van der Waals surface area contributed by atoms with Crippen molar-refractivity contribution < 1.29 is 24.0 Å². The number of carbonyl (C=O) groups is 1. The number of aliphatic hydroxyl groups is 2. The Hall–Kier alpha value is -0.0600. The van der Waals surface area contributed by atoms with Crippen molar-refractivity contribution in [2.45, 2.75) is 6.10 Å². The van der Waals surface area contributed by atoms with E-state index in [4.69, 9.17) is 14.7 Å². The maximum Gasteiger partial charge on any atom is 0.209 e. The van der Waals surface area contributed by atoms with Crippen molar-refractivity contribution in [3.05, 3.63) is 0 Å². The number of nitrogens with zero attached hydrogens (tertiary/aromatic N) is 1. The van der Waals surface area contributed by atoms with Crippen molar-refractivity contribution in [1.29, 1.82) is 0 Å². The predicted octanol–water partition coefficient (Wildman–Crippen LogP) is -0.818. The van der Waals surface area contributed by atoms with Crippen molar-refractivity contribution in [3.8, 4) is 0 Å². The Morgan fingerprint density at radius 1 is 1.50 bits per heavy atom. The van der Waals surface area contributed by atoms with Gasteiger partial charge >= 0.3 is 0 Å². The molecule has 84 valence electrons. The van der Waals surface area contributed by atoms with Crippen LogP contribution in [-0.4, -0.2) is 67.2 Å². The first kappa shape index (κ1) is 13.9. The van der Waals surface area contributed by atoms with E-state index < -0.39 is 18.2 Å². The van der Waals surface area contributed by atoms with Gasteiger partial charge in [0, 0.05) is 0 Å². The third kappa shape index (κ3) is 7.35. The molecule has 2 unspecified atom stereocenters. The number of rotatable bonds is 7. The lowest BCUT2D eigenvalue weighted by atomic mass is 10.4. The first-order valence-electron chi connectivity index (χ1n) is 4.38. The smallest absolute Gasteiger partial charge is 0.209 e. The van der Waals surface area contributed by atoms with Gasteiger partial charge in [0.25, 0.3) is 0 Å². The largest absolute Gasteiger partial charge is 0.393 e. The van der Waals surface area contributed by atoms with Gasteiger partial charge in [0.15, 0.2) is 0 Å². The second kappa shape index (κ2) is 6.43. The predicted molar refractivity (Wildman–Crippen MR) is 55.3 cm³/mol. The summed E-state index contributed by atoms with van der Waals surface area (Å²) in [7, 11) is 5.69. The third-order valence-electron chi connectivity index (χ3n) is 1.51. The fraction of sp³-hybridized carbons (Fsp3) is 0.875. The summed E-state index contributed by atoms with van der Waals surface area (Å²) in [5.41, 5.74) is -0.450. The highest BCUT2D eigenvalue weighted by Crippen LogP contribution is 2.15. The molecule has 0 rings (SSSR count). The number of carbonyl (C=O) groups excluding carboxylic acids is 1. The minimum atomic E-state index is -1.29. The molecule has 6 heteroatoms. The van der Waals surface area contributed by atoms with Crippen LogP contribution in [0.5, 0.6) is 0 Å². The van der Waals surface area contributed by atoms with Gasteiger partial charge in [0.05, 0.1) is 36.6 Å². The zero-order valence-corrected chi connectivity index (χ0v) is 9.86. The SMILES string of the molecule is C[N+](C)(C)CCOPC(=O)C(O)CO. The summed E-state index contributed by atoms with van der Waals surface area (Å²) in [5, 5.41) is 17.4. The minimum absolute atomic E-state index is 0.380. The molecule has 0 aromatic heterocycles. The van der Waals surface area contributed by atoms with Crippen LogP contribution < -0.4 is 0 Å². The van der Waals surface area contributed by atoms with E-state index in [-0.39, 0.29) is 8.81 Å². The summed E-state index contributed by atoms with van der Waals surface area (Å²) in [6, 6.07) is 0. The van der Waals surface area contributed by atoms with Gasteiger partial charge in [-0.25, -0.2) is 0 Å². The van der Waals surface area contributed by atoms with E-state index in [1.807, 2.05) is 21.1 Å². The molecule has 0 saturated heterocycles. The van der Waals surface area contributed by atoms with Crippen molar-refractivity contribution in [2.24, 2.45) is 0 Å². The highest BCUT2D eigenvalue weighted by atomic mass is 31.1. The second-order valence-corrected chi connectivity index (χ2v) is 5.01. The molecular formula is C8H19NO4P+. The molecule has 0 heterocycles. The molecule has 0 bridgehead atoms.